The fraction of sp³-hybridized carbons (Fsp3) is 0.444. The SMILES string of the molecule is COc1ccccc1CNc1ncnc2c1sc1nc(N3CCCC3)c3c(c12)CC(C)(C)CC3. The van der Waals surface area contributed by atoms with Gasteiger partial charge in [-0.1, -0.05) is 32.0 Å². The molecule has 0 atom stereocenters. The number of hydrogen-bond acceptors (Lipinski definition) is 7. The summed E-state index contributed by atoms with van der Waals surface area (Å²) in [6, 6.07) is 8.10. The molecule has 0 radical (unpaired) electrons. The summed E-state index contributed by atoms with van der Waals surface area (Å²) >= 11 is 1.72. The molecule has 1 aliphatic carbocycles. The maximum absolute atomic E-state index is 5.53. The van der Waals surface area contributed by atoms with E-state index in [2.05, 4.69) is 35.1 Å². The van der Waals surface area contributed by atoms with Gasteiger partial charge in [-0.25, -0.2) is 15.0 Å². The number of benzene rings is 1. The number of anilines is 2. The van der Waals surface area contributed by atoms with E-state index in [4.69, 9.17) is 14.7 Å². The molecule has 4 aromatic rings. The van der Waals surface area contributed by atoms with Crippen LogP contribution in [0.2, 0.25) is 0 Å². The Kier molecular flexibility index (Phi) is 5.32. The Hall–Kier alpha value is -2.93. The first-order chi connectivity index (χ1) is 16.5. The van der Waals surface area contributed by atoms with Crippen LogP contribution in [0.5, 0.6) is 5.75 Å². The molecule has 1 saturated heterocycles. The number of para-hydroxylation sites is 1. The van der Waals surface area contributed by atoms with Gasteiger partial charge in [-0.3, -0.25) is 0 Å². The van der Waals surface area contributed by atoms with Crippen molar-refractivity contribution in [1.82, 2.24) is 15.0 Å². The van der Waals surface area contributed by atoms with Crippen LogP contribution in [-0.2, 0) is 19.4 Å². The molecule has 2 aliphatic rings. The van der Waals surface area contributed by atoms with Gasteiger partial charge in [0.05, 0.1) is 17.3 Å². The number of nitrogens with one attached hydrogen (secondary N) is 1. The second kappa shape index (κ2) is 8.38. The molecule has 0 unspecified atom stereocenters. The van der Waals surface area contributed by atoms with Crippen LogP contribution in [0.15, 0.2) is 30.6 Å². The highest BCUT2D eigenvalue weighted by atomic mass is 32.1. The summed E-state index contributed by atoms with van der Waals surface area (Å²) < 4.78 is 6.62. The van der Waals surface area contributed by atoms with Crippen molar-refractivity contribution in [2.75, 3.05) is 30.4 Å². The molecule has 0 amide bonds. The third kappa shape index (κ3) is 3.66. The lowest BCUT2D eigenvalue weighted by Crippen LogP contribution is -2.27. The summed E-state index contributed by atoms with van der Waals surface area (Å²) in [7, 11) is 1.71. The Balaban J connectivity index is 1.48. The monoisotopic (exact) mass is 473 g/mol. The van der Waals surface area contributed by atoms with Gasteiger partial charge in [0.2, 0.25) is 0 Å². The molecular weight excluding hydrogens is 442 g/mol. The second-order valence-corrected chi connectivity index (χ2v) is 11.3. The number of fused-ring (bicyclic) bond motifs is 5. The van der Waals surface area contributed by atoms with Gasteiger partial charge >= 0.3 is 0 Å². The highest BCUT2D eigenvalue weighted by Crippen LogP contribution is 2.46. The standard InChI is InChI=1S/C27H31N5OS/c1-27(2)11-10-18-19(14-27)21-22-23(34-26(21)31-25(18)32-12-6-7-13-32)24(30-16-29-22)28-15-17-8-4-5-9-20(17)33-3/h4-5,8-9,16H,6-7,10-15H2,1-3H3,(H,28,29,30). The van der Waals surface area contributed by atoms with Crippen molar-refractivity contribution in [2.24, 2.45) is 5.41 Å². The third-order valence-corrected chi connectivity index (χ3v) is 8.43. The van der Waals surface area contributed by atoms with Crippen molar-refractivity contribution in [3.63, 3.8) is 0 Å². The summed E-state index contributed by atoms with van der Waals surface area (Å²) in [5.74, 6) is 2.97. The summed E-state index contributed by atoms with van der Waals surface area (Å²) in [5.41, 5.74) is 5.34. The van der Waals surface area contributed by atoms with Crippen LogP contribution < -0.4 is 15.0 Å². The number of pyridine rings is 1. The highest BCUT2D eigenvalue weighted by molar-refractivity contribution is 7.26. The van der Waals surface area contributed by atoms with Crippen LogP contribution in [0, 0.1) is 5.41 Å². The fourth-order valence-electron chi connectivity index (χ4n) is 5.53. The summed E-state index contributed by atoms with van der Waals surface area (Å²) in [4.78, 5) is 18.3. The normalized spacial score (nSPS) is 17.3. The Bertz CT molecular complexity index is 1370. The van der Waals surface area contributed by atoms with E-state index in [0.717, 1.165) is 58.1 Å². The van der Waals surface area contributed by atoms with E-state index in [1.807, 2.05) is 18.2 Å². The molecule has 1 aromatic carbocycles. The van der Waals surface area contributed by atoms with Crippen LogP contribution >= 0.6 is 11.3 Å². The maximum Gasteiger partial charge on any atom is 0.147 e. The lowest BCUT2D eigenvalue weighted by molar-refractivity contribution is 0.316. The van der Waals surface area contributed by atoms with Crippen molar-refractivity contribution in [3.05, 3.63) is 47.3 Å². The number of aromatic nitrogens is 3. The molecule has 1 fully saturated rings. The zero-order chi connectivity index (χ0) is 23.3. The molecule has 34 heavy (non-hydrogen) atoms. The van der Waals surface area contributed by atoms with Crippen LogP contribution in [0.1, 0.15) is 49.8 Å². The van der Waals surface area contributed by atoms with E-state index in [1.54, 1.807) is 24.8 Å². The first-order valence-corrected chi connectivity index (χ1v) is 13.1. The minimum Gasteiger partial charge on any atom is -0.496 e. The molecule has 1 aliphatic heterocycles. The van der Waals surface area contributed by atoms with Gasteiger partial charge in [-0.15, -0.1) is 11.3 Å². The Morgan fingerprint density at radius 1 is 1.12 bits per heavy atom. The van der Waals surface area contributed by atoms with Gasteiger partial charge in [0, 0.05) is 30.6 Å². The number of thiophene rings is 1. The number of rotatable bonds is 5. The third-order valence-electron chi connectivity index (χ3n) is 7.35. The van der Waals surface area contributed by atoms with Crippen LogP contribution in [-0.4, -0.2) is 35.2 Å². The molecule has 6 nitrogen and oxygen atoms in total. The van der Waals surface area contributed by atoms with E-state index < -0.39 is 0 Å². The van der Waals surface area contributed by atoms with Gasteiger partial charge in [0.1, 0.15) is 28.5 Å². The largest absolute Gasteiger partial charge is 0.496 e. The quantitative estimate of drug-likeness (QED) is 0.385. The zero-order valence-corrected chi connectivity index (χ0v) is 21.0. The number of hydrogen-bond donors (Lipinski definition) is 1. The van der Waals surface area contributed by atoms with Gasteiger partial charge in [0.15, 0.2) is 0 Å². The summed E-state index contributed by atoms with van der Waals surface area (Å²) in [6.07, 6.45) is 7.58. The predicted octanol–water partition coefficient (Wildman–Crippen LogP) is 5.98. The van der Waals surface area contributed by atoms with E-state index in [1.165, 1.54) is 41.6 Å². The molecule has 4 heterocycles. The van der Waals surface area contributed by atoms with E-state index in [9.17, 15) is 0 Å². The fourth-order valence-corrected chi connectivity index (χ4v) is 6.65. The van der Waals surface area contributed by atoms with Gasteiger partial charge in [0.25, 0.3) is 0 Å². The molecule has 0 bridgehead atoms. The lowest BCUT2D eigenvalue weighted by Gasteiger charge is -2.34. The zero-order valence-electron chi connectivity index (χ0n) is 20.1. The summed E-state index contributed by atoms with van der Waals surface area (Å²) in [5, 5.41) is 4.79. The Labute approximate surface area is 204 Å². The van der Waals surface area contributed by atoms with Gasteiger partial charge < -0.3 is 15.0 Å². The highest BCUT2D eigenvalue weighted by Gasteiger charge is 2.32. The maximum atomic E-state index is 5.53. The molecule has 6 rings (SSSR count). The molecule has 0 spiro atoms. The Morgan fingerprint density at radius 2 is 1.94 bits per heavy atom. The smallest absolute Gasteiger partial charge is 0.147 e. The minimum atomic E-state index is 0.287. The minimum absolute atomic E-state index is 0.287. The molecule has 0 saturated carbocycles. The van der Waals surface area contributed by atoms with E-state index in [-0.39, 0.29) is 5.41 Å². The topological polar surface area (TPSA) is 63.2 Å². The number of methoxy groups -OCH3 is 1. The average Bonchev–Trinajstić information content (AvgIpc) is 3.50. The van der Waals surface area contributed by atoms with Crippen LogP contribution in [0.3, 0.4) is 0 Å². The molecular formula is C27H31N5OS. The van der Waals surface area contributed by atoms with Crippen LogP contribution in [0.4, 0.5) is 11.6 Å². The van der Waals surface area contributed by atoms with Gasteiger partial charge in [-0.05, 0) is 54.7 Å². The second-order valence-electron chi connectivity index (χ2n) is 10.3. The summed E-state index contributed by atoms with van der Waals surface area (Å²) in [6.45, 7) is 7.65. The molecule has 1 N–H and O–H groups in total. The van der Waals surface area contributed by atoms with Gasteiger partial charge in [-0.2, -0.15) is 0 Å². The Morgan fingerprint density at radius 3 is 2.76 bits per heavy atom. The van der Waals surface area contributed by atoms with Crippen molar-refractivity contribution < 1.29 is 4.74 Å². The molecule has 3 aromatic heterocycles. The van der Waals surface area contributed by atoms with E-state index in [0.29, 0.717) is 6.54 Å². The number of ether oxygens (including phenoxy) is 1. The van der Waals surface area contributed by atoms with Crippen molar-refractivity contribution in [1.29, 1.82) is 0 Å². The molecule has 176 valence electrons. The number of nitrogens with zero attached hydrogens (tertiary/aromatic N) is 4. The lowest BCUT2D eigenvalue weighted by atomic mass is 9.73. The first kappa shape index (κ1) is 21.6. The van der Waals surface area contributed by atoms with E-state index >= 15 is 0 Å². The van der Waals surface area contributed by atoms with Crippen molar-refractivity contribution in [3.8, 4) is 5.75 Å². The van der Waals surface area contributed by atoms with Crippen molar-refractivity contribution in [2.45, 2.75) is 52.5 Å². The average molecular weight is 474 g/mol. The van der Waals surface area contributed by atoms with Crippen molar-refractivity contribution >= 4 is 43.4 Å². The predicted molar refractivity (Wildman–Crippen MR) is 140 cm³/mol. The van der Waals surface area contributed by atoms with Crippen LogP contribution in [0.25, 0.3) is 20.4 Å². The first-order valence-electron chi connectivity index (χ1n) is 12.2. The molecule has 7 heteroatoms.